The van der Waals surface area contributed by atoms with E-state index in [1.165, 1.54) is 16.0 Å². The van der Waals surface area contributed by atoms with Gasteiger partial charge in [0.15, 0.2) is 17.3 Å². The molecular formula is C31H34N2O5S. The summed E-state index contributed by atoms with van der Waals surface area (Å²) in [5.74, 6) is 0.726. The van der Waals surface area contributed by atoms with Gasteiger partial charge in [-0.3, -0.25) is 4.79 Å². The molecule has 3 aromatic carbocycles. The number of carbonyl (C=O) groups is 1. The molecule has 8 heteroatoms. The van der Waals surface area contributed by atoms with Crippen LogP contribution >= 0.6 is 11.8 Å². The van der Waals surface area contributed by atoms with Gasteiger partial charge in [0.2, 0.25) is 6.79 Å². The minimum atomic E-state index is -0.739. The summed E-state index contributed by atoms with van der Waals surface area (Å²) in [5.41, 5.74) is 5.13. The topological polar surface area (TPSA) is 78.1 Å². The van der Waals surface area contributed by atoms with E-state index >= 15 is 0 Å². The van der Waals surface area contributed by atoms with Crippen LogP contribution in [0.25, 0.3) is 0 Å². The molecule has 3 aliphatic rings. The number of thioether (sulfide) groups is 1. The van der Waals surface area contributed by atoms with E-state index in [4.69, 9.17) is 18.9 Å². The largest absolute Gasteiger partial charge is 0.454 e. The molecule has 2 N–H and O–H groups in total. The third-order valence-corrected chi connectivity index (χ3v) is 8.37. The summed E-state index contributed by atoms with van der Waals surface area (Å²) >= 11 is 1.70. The van der Waals surface area contributed by atoms with Crippen molar-refractivity contribution in [2.45, 2.75) is 55.6 Å². The van der Waals surface area contributed by atoms with Crippen LogP contribution in [-0.2, 0) is 22.3 Å². The molecule has 3 aliphatic heterocycles. The summed E-state index contributed by atoms with van der Waals surface area (Å²) in [6.07, 6.45) is 3.35. The van der Waals surface area contributed by atoms with Gasteiger partial charge in [-0.2, -0.15) is 0 Å². The van der Waals surface area contributed by atoms with Crippen LogP contribution in [0.3, 0.4) is 0 Å². The molecule has 0 aromatic heterocycles. The summed E-state index contributed by atoms with van der Waals surface area (Å²) in [6, 6.07) is 20.1. The molecule has 1 amide bonds. The van der Waals surface area contributed by atoms with E-state index in [9.17, 15) is 4.79 Å². The second-order valence-corrected chi connectivity index (χ2v) is 11.5. The first-order valence-electron chi connectivity index (χ1n) is 13.4. The summed E-state index contributed by atoms with van der Waals surface area (Å²) in [7, 11) is 0. The highest BCUT2D eigenvalue weighted by Gasteiger charge is 2.38. The highest BCUT2D eigenvalue weighted by Crippen LogP contribution is 2.39. The first-order chi connectivity index (χ1) is 18.9. The van der Waals surface area contributed by atoms with Crippen LogP contribution in [0, 0.1) is 0 Å². The molecule has 3 atom stereocenters. The molecule has 1 unspecified atom stereocenters. The van der Waals surface area contributed by atoms with E-state index in [2.05, 4.69) is 53.3 Å². The predicted octanol–water partition coefficient (Wildman–Crippen LogP) is 5.19. The molecule has 6 rings (SSSR count). The Bertz CT molecular complexity index is 1360. The molecule has 204 valence electrons. The molecular weight excluding hydrogens is 512 g/mol. The van der Waals surface area contributed by atoms with Crippen LogP contribution in [0.15, 0.2) is 65.6 Å². The number of carbonyl (C=O) groups excluding carboxylic acids is 1. The van der Waals surface area contributed by atoms with Gasteiger partial charge in [0, 0.05) is 16.5 Å². The van der Waals surface area contributed by atoms with Crippen LogP contribution in [-0.4, -0.2) is 43.9 Å². The molecule has 0 aliphatic carbocycles. The standard InChI is InChI=1S/C31H34N2O5S/c1-31(2)37-17-26(29(38-31)19-8-10-22(39-3)11-9-19)33-30(34)23-7-5-4-6-20(23)14-25-24-16-28-27(35-18-36-28)15-21(24)12-13-32-25/h4-11,15-16,25-26,29,32H,12-14,17-18H2,1-3H3,(H,33,34)/t25?,26-,29-/m0/s1. The lowest BCUT2D eigenvalue weighted by atomic mass is 9.88. The van der Waals surface area contributed by atoms with Crippen LogP contribution in [0.1, 0.15) is 58.6 Å². The lowest BCUT2D eigenvalue weighted by Gasteiger charge is -2.41. The molecule has 3 aromatic rings. The maximum Gasteiger partial charge on any atom is 0.251 e. The van der Waals surface area contributed by atoms with Gasteiger partial charge in [-0.15, -0.1) is 11.8 Å². The zero-order valence-electron chi connectivity index (χ0n) is 22.5. The number of amides is 1. The molecule has 7 nitrogen and oxygen atoms in total. The maximum absolute atomic E-state index is 13.7. The Kier molecular flexibility index (Phi) is 7.29. The van der Waals surface area contributed by atoms with Gasteiger partial charge in [0.05, 0.1) is 12.6 Å². The first kappa shape index (κ1) is 26.2. The Morgan fingerprint density at radius 2 is 1.85 bits per heavy atom. The van der Waals surface area contributed by atoms with Gasteiger partial charge >= 0.3 is 0 Å². The number of nitrogens with one attached hydrogen (secondary N) is 2. The van der Waals surface area contributed by atoms with Crippen LogP contribution in [0.5, 0.6) is 11.5 Å². The smallest absolute Gasteiger partial charge is 0.251 e. The highest BCUT2D eigenvalue weighted by molar-refractivity contribution is 7.98. The summed E-state index contributed by atoms with van der Waals surface area (Å²) in [6.45, 7) is 5.31. The third kappa shape index (κ3) is 5.52. The van der Waals surface area contributed by atoms with E-state index in [1.807, 2.05) is 38.1 Å². The fraction of sp³-hybridized carbons (Fsp3) is 0.387. The third-order valence-electron chi connectivity index (χ3n) is 7.63. The van der Waals surface area contributed by atoms with Gasteiger partial charge in [-0.25, -0.2) is 0 Å². The van der Waals surface area contributed by atoms with Crippen molar-refractivity contribution in [2.24, 2.45) is 0 Å². The zero-order chi connectivity index (χ0) is 27.0. The fourth-order valence-electron chi connectivity index (χ4n) is 5.61. The monoisotopic (exact) mass is 546 g/mol. The number of benzene rings is 3. The van der Waals surface area contributed by atoms with Gasteiger partial charge < -0.3 is 29.6 Å². The second-order valence-electron chi connectivity index (χ2n) is 10.6. The Labute approximate surface area is 233 Å². The van der Waals surface area contributed by atoms with Crippen molar-refractivity contribution in [3.8, 4) is 11.5 Å². The van der Waals surface area contributed by atoms with E-state index in [-0.39, 0.29) is 30.9 Å². The Morgan fingerprint density at radius 3 is 2.64 bits per heavy atom. The number of hydrogen-bond acceptors (Lipinski definition) is 7. The first-order valence-corrected chi connectivity index (χ1v) is 14.6. The van der Waals surface area contributed by atoms with Crippen molar-refractivity contribution in [2.75, 3.05) is 26.2 Å². The molecule has 0 saturated carbocycles. The minimum Gasteiger partial charge on any atom is -0.454 e. The average molecular weight is 547 g/mol. The van der Waals surface area contributed by atoms with Gasteiger partial charge in [-0.05, 0) is 92.1 Å². The van der Waals surface area contributed by atoms with Crippen molar-refractivity contribution in [3.63, 3.8) is 0 Å². The quantitative estimate of drug-likeness (QED) is 0.412. The molecule has 0 radical (unpaired) electrons. The van der Waals surface area contributed by atoms with Crippen molar-refractivity contribution >= 4 is 17.7 Å². The SMILES string of the molecule is CSc1ccc([C@@H]2OC(C)(C)OC[C@@H]2NC(=O)c2ccccc2CC2NCCc3cc4c(cc32)OCO4)cc1. The van der Waals surface area contributed by atoms with E-state index < -0.39 is 5.79 Å². The Hall–Kier alpha value is -3.04. The van der Waals surface area contributed by atoms with Crippen LogP contribution < -0.4 is 20.1 Å². The molecule has 39 heavy (non-hydrogen) atoms. The van der Waals surface area contributed by atoms with E-state index in [0.29, 0.717) is 18.6 Å². The fourth-order valence-corrected chi connectivity index (χ4v) is 6.02. The normalized spacial score (nSPS) is 23.2. The number of ether oxygens (including phenoxy) is 4. The number of fused-ring (bicyclic) bond motifs is 2. The van der Waals surface area contributed by atoms with Gasteiger partial charge in [-0.1, -0.05) is 30.3 Å². The van der Waals surface area contributed by atoms with Crippen molar-refractivity contribution in [1.82, 2.24) is 10.6 Å². The molecule has 1 fully saturated rings. The molecule has 0 bridgehead atoms. The highest BCUT2D eigenvalue weighted by atomic mass is 32.2. The molecule has 0 spiro atoms. The van der Waals surface area contributed by atoms with Gasteiger partial charge in [0.25, 0.3) is 5.91 Å². The maximum atomic E-state index is 13.7. The van der Waals surface area contributed by atoms with E-state index in [0.717, 1.165) is 35.6 Å². The summed E-state index contributed by atoms with van der Waals surface area (Å²) < 4.78 is 23.5. The molecule has 1 saturated heterocycles. The Morgan fingerprint density at radius 1 is 1.08 bits per heavy atom. The number of hydrogen-bond donors (Lipinski definition) is 2. The summed E-state index contributed by atoms with van der Waals surface area (Å²) in [5, 5.41) is 6.87. The lowest BCUT2D eigenvalue weighted by molar-refractivity contribution is -0.284. The van der Waals surface area contributed by atoms with Crippen LogP contribution in [0.2, 0.25) is 0 Å². The minimum absolute atomic E-state index is 0.0713. The summed E-state index contributed by atoms with van der Waals surface area (Å²) in [4.78, 5) is 14.9. The van der Waals surface area contributed by atoms with Crippen molar-refractivity contribution < 1.29 is 23.7 Å². The van der Waals surface area contributed by atoms with Crippen LogP contribution in [0.4, 0.5) is 0 Å². The zero-order valence-corrected chi connectivity index (χ0v) is 23.3. The Balaban J connectivity index is 1.23. The number of rotatable bonds is 6. The lowest BCUT2D eigenvalue weighted by Crippen LogP contribution is -2.52. The van der Waals surface area contributed by atoms with Crippen molar-refractivity contribution in [3.05, 3.63) is 88.5 Å². The average Bonchev–Trinajstić information content (AvgIpc) is 3.41. The molecule has 3 heterocycles. The van der Waals surface area contributed by atoms with Gasteiger partial charge in [0.1, 0.15) is 6.10 Å². The van der Waals surface area contributed by atoms with E-state index in [1.54, 1.807) is 11.8 Å². The predicted molar refractivity (Wildman–Crippen MR) is 150 cm³/mol. The van der Waals surface area contributed by atoms with Crippen molar-refractivity contribution in [1.29, 1.82) is 0 Å². The second kappa shape index (κ2) is 10.8.